The highest BCUT2D eigenvalue weighted by molar-refractivity contribution is 5.48. The van der Waals surface area contributed by atoms with E-state index in [0.29, 0.717) is 36.2 Å². The van der Waals surface area contributed by atoms with Crippen LogP contribution in [-0.4, -0.2) is 41.1 Å². The van der Waals surface area contributed by atoms with E-state index < -0.39 is 0 Å². The van der Waals surface area contributed by atoms with Crippen LogP contribution in [0.1, 0.15) is 24.1 Å². The van der Waals surface area contributed by atoms with Gasteiger partial charge in [-0.3, -0.25) is 4.90 Å². The van der Waals surface area contributed by atoms with Gasteiger partial charge >= 0.3 is 0 Å². The van der Waals surface area contributed by atoms with Crippen LogP contribution in [0.25, 0.3) is 0 Å². The molecule has 2 heterocycles. The molecule has 3 aromatic rings. The minimum atomic E-state index is -0.285. The first-order chi connectivity index (χ1) is 16.0. The third-order valence-corrected chi connectivity index (χ3v) is 6.04. The summed E-state index contributed by atoms with van der Waals surface area (Å²) in [5.41, 5.74) is 1.91. The van der Waals surface area contributed by atoms with Gasteiger partial charge in [0.25, 0.3) is 0 Å². The Hall–Kier alpha value is -3.58. The lowest BCUT2D eigenvalue weighted by Crippen LogP contribution is -2.48. The van der Waals surface area contributed by atoms with Gasteiger partial charge in [-0.25, -0.2) is 8.78 Å². The summed E-state index contributed by atoms with van der Waals surface area (Å²) in [4.78, 5) is 4.44. The molecule has 1 N–H and O–H groups in total. The maximum Gasteiger partial charge on any atom is 0.234 e. The van der Waals surface area contributed by atoms with Crippen LogP contribution in [-0.2, 0) is 0 Å². The van der Waals surface area contributed by atoms with E-state index in [9.17, 15) is 13.9 Å². The van der Waals surface area contributed by atoms with Crippen LogP contribution in [0.15, 0.2) is 78.4 Å². The molecule has 1 saturated heterocycles. The standard InChI is InChI=1S/C26H24F2N2O3/c1-17-26(33-23-11-10-22(31)16-24(23)32-17)30-14-12-29(13-15-30)25(18-2-6-20(27)7-3-18)19-4-8-21(28)9-5-19/h2-11,16,25,31H,12-15H2,1H3. The van der Waals surface area contributed by atoms with Crippen molar-refractivity contribution in [2.24, 2.45) is 0 Å². The lowest BCUT2D eigenvalue weighted by Gasteiger charge is -2.41. The lowest BCUT2D eigenvalue weighted by atomic mass is 9.96. The number of halogens is 2. The molecule has 0 bridgehead atoms. The second kappa shape index (κ2) is 8.75. The van der Waals surface area contributed by atoms with Crippen molar-refractivity contribution in [1.29, 1.82) is 0 Å². The molecule has 5 nitrogen and oxygen atoms in total. The van der Waals surface area contributed by atoms with Crippen molar-refractivity contribution in [2.45, 2.75) is 13.0 Å². The Balaban J connectivity index is 1.35. The number of rotatable bonds is 4. The first-order valence-electron chi connectivity index (χ1n) is 10.9. The van der Waals surface area contributed by atoms with E-state index in [1.165, 1.54) is 30.3 Å². The monoisotopic (exact) mass is 450 g/mol. The predicted molar refractivity (Wildman–Crippen MR) is 120 cm³/mol. The maximum absolute atomic E-state index is 13.6. The first kappa shape index (κ1) is 21.3. The normalized spacial score (nSPS) is 16.4. The van der Waals surface area contributed by atoms with Gasteiger partial charge in [0.15, 0.2) is 17.3 Å². The Bertz CT molecular complexity index is 1130. The van der Waals surface area contributed by atoms with Crippen LogP contribution in [0.2, 0.25) is 0 Å². The van der Waals surface area contributed by atoms with Gasteiger partial charge in [-0.15, -0.1) is 0 Å². The minimum absolute atomic E-state index is 0.115. The Kier molecular flexibility index (Phi) is 5.64. The van der Waals surface area contributed by atoms with Gasteiger partial charge in [-0.1, -0.05) is 24.3 Å². The Labute approximate surface area is 191 Å². The molecule has 1 fully saturated rings. The van der Waals surface area contributed by atoms with Crippen LogP contribution in [0.5, 0.6) is 17.2 Å². The fourth-order valence-electron chi connectivity index (χ4n) is 4.42. The molecular formula is C26H24F2N2O3. The predicted octanol–water partition coefficient (Wildman–Crippen LogP) is 5.04. The smallest absolute Gasteiger partial charge is 0.234 e. The molecular weight excluding hydrogens is 426 g/mol. The summed E-state index contributed by atoms with van der Waals surface area (Å²) in [7, 11) is 0. The molecule has 0 aromatic heterocycles. The highest BCUT2D eigenvalue weighted by Gasteiger charge is 2.31. The van der Waals surface area contributed by atoms with Crippen molar-refractivity contribution in [3.05, 3.63) is 101 Å². The zero-order chi connectivity index (χ0) is 22.9. The SMILES string of the molecule is CC1=C(N2CCN(C(c3ccc(F)cc3)c3ccc(F)cc3)CC2)Oc2ccc(O)cc2O1. The summed E-state index contributed by atoms with van der Waals surface area (Å²) < 4.78 is 39.1. The lowest BCUT2D eigenvalue weighted by molar-refractivity contribution is 0.0867. The van der Waals surface area contributed by atoms with Crippen LogP contribution in [0.4, 0.5) is 8.78 Å². The fraction of sp³-hybridized carbons (Fsp3) is 0.231. The number of allylic oxidation sites excluding steroid dienone is 1. The first-order valence-corrected chi connectivity index (χ1v) is 10.9. The van der Waals surface area contributed by atoms with Crippen molar-refractivity contribution in [1.82, 2.24) is 9.80 Å². The quantitative estimate of drug-likeness (QED) is 0.604. The Morgan fingerprint density at radius 2 is 1.33 bits per heavy atom. The summed E-state index contributed by atoms with van der Waals surface area (Å²) >= 11 is 0. The van der Waals surface area contributed by atoms with Crippen molar-refractivity contribution >= 4 is 0 Å². The molecule has 0 atom stereocenters. The topological polar surface area (TPSA) is 45.2 Å². The van der Waals surface area contributed by atoms with Crippen molar-refractivity contribution in [3.63, 3.8) is 0 Å². The van der Waals surface area contributed by atoms with E-state index in [-0.39, 0.29) is 23.4 Å². The number of ether oxygens (including phenoxy) is 2. The van der Waals surface area contributed by atoms with Gasteiger partial charge in [0.2, 0.25) is 5.88 Å². The maximum atomic E-state index is 13.6. The van der Waals surface area contributed by atoms with Gasteiger partial charge in [0.05, 0.1) is 6.04 Å². The van der Waals surface area contributed by atoms with E-state index >= 15 is 0 Å². The van der Waals surface area contributed by atoms with E-state index in [1.807, 2.05) is 6.92 Å². The summed E-state index contributed by atoms with van der Waals surface area (Å²) in [6, 6.07) is 17.6. The van der Waals surface area contributed by atoms with Crippen LogP contribution in [0.3, 0.4) is 0 Å². The fourth-order valence-corrected chi connectivity index (χ4v) is 4.42. The number of hydrogen-bond acceptors (Lipinski definition) is 5. The summed E-state index contributed by atoms with van der Waals surface area (Å²) in [5, 5.41) is 9.68. The molecule has 33 heavy (non-hydrogen) atoms. The van der Waals surface area contributed by atoms with Crippen LogP contribution < -0.4 is 9.47 Å². The number of benzene rings is 3. The molecule has 3 aromatic carbocycles. The van der Waals surface area contributed by atoms with E-state index in [4.69, 9.17) is 9.47 Å². The number of nitrogens with zero attached hydrogens (tertiary/aromatic N) is 2. The van der Waals surface area contributed by atoms with Gasteiger partial charge in [-0.2, -0.15) is 0 Å². The van der Waals surface area contributed by atoms with Gasteiger partial charge in [-0.05, 0) is 54.4 Å². The number of piperazine rings is 1. The average molecular weight is 450 g/mol. The number of hydrogen-bond donors (Lipinski definition) is 1. The second-order valence-electron chi connectivity index (χ2n) is 8.23. The third-order valence-electron chi connectivity index (χ3n) is 6.04. The van der Waals surface area contributed by atoms with E-state index in [2.05, 4.69) is 9.80 Å². The second-order valence-corrected chi connectivity index (χ2v) is 8.23. The molecule has 2 aliphatic heterocycles. The Morgan fingerprint density at radius 1 is 0.758 bits per heavy atom. The zero-order valence-electron chi connectivity index (χ0n) is 18.2. The number of phenols is 1. The average Bonchev–Trinajstić information content (AvgIpc) is 2.82. The summed E-state index contributed by atoms with van der Waals surface area (Å²) in [6.45, 7) is 4.68. The van der Waals surface area contributed by atoms with Crippen molar-refractivity contribution in [3.8, 4) is 17.2 Å². The molecule has 0 aliphatic carbocycles. The number of aromatic hydroxyl groups is 1. The molecule has 170 valence electrons. The molecule has 0 amide bonds. The van der Waals surface area contributed by atoms with Gasteiger partial charge in [0.1, 0.15) is 17.4 Å². The third kappa shape index (κ3) is 4.36. The van der Waals surface area contributed by atoms with Crippen LogP contribution in [0, 0.1) is 11.6 Å². The van der Waals surface area contributed by atoms with Gasteiger partial charge in [0, 0.05) is 32.2 Å². The molecule has 0 spiro atoms. The molecule has 0 saturated carbocycles. The zero-order valence-corrected chi connectivity index (χ0v) is 18.2. The molecule has 0 radical (unpaired) electrons. The molecule has 5 rings (SSSR count). The number of fused-ring (bicyclic) bond motifs is 1. The molecule has 7 heteroatoms. The Morgan fingerprint density at radius 3 is 1.91 bits per heavy atom. The molecule has 2 aliphatic rings. The number of phenolic OH excluding ortho intramolecular Hbond substituents is 1. The largest absolute Gasteiger partial charge is 0.508 e. The highest BCUT2D eigenvalue weighted by atomic mass is 19.1. The van der Waals surface area contributed by atoms with E-state index in [0.717, 1.165) is 24.2 Å². The summed E-state index contributed by atoms with van der Waals surface area (Å²) in [5.74, 6) is 1.89. The van der Waals surface area contributed by atoms with E-state index in [1.54, 1.807) is 36.4 Å². The van der Waals surface area contributed by atoms with Gasteiger partial charge < -0.3 is 19.5 Å². The minimum Gasteiger partial charge on any atom is -0.508 e. The summed E-state index contributed by atoms with van der Waals surface area (Å²) in [6.07, 6.45) is 0. The molecule has 0 unspecified atom stereocenters. The van der Waals surface area contributed by atoms with Crippen LogP contribution >= 0.6 is 0 Å². The highest BCUT2D eigenvalue weighted by Crippen LogP contribution is 2.39. The van der Waals surface area contributed by atoms with Crippen molar-refractivity contribution < 1.29 is 23.4 Å². The van der Waals surface area contributed by atoms with Crippen molar-refractivity contribution in [2.75, 3.05) is 26.2 Å².